The molecule has 2 aromatic rings. The lowest BCUT2D eigenvalue weighted by Crippen LogP contribution is -2.39. The second-order valence-electron chi connectivity index (χ2n) is 10.4. The predicted octanol–water partition coefficient (Wildman–Crippen LogP) is 4.63. The zero-order valence-corrected chi connectivity index (χ0v) is 20.1. The highest BCUT2D eigenvalue weighted by Crippen LogP contribution is 2.42. The molecule has 1 aromatic carbocycles. The number of fused-ring (bicyclic) bond motifs is 4. The van der Waals surface area contributed by atoms with Gasteiger partial charge in [0.2, 0.25) is 5.91 Å². The van der Waals surface area contributed by atoms with Crippen molar-refractivity contribution in [3.63, 3.8) is 0 Å². The normalized spacial score (nSPS) is 27.9. The van der Waals surface area contributed by atoms with Crippen LogP contribution in [0.5, 0.6) is 0 Å². The molecule has 2 saturated heterocycles. The maximum absolute atomic E-state index is 14.0. The third-order valence-electron chi connectivity index (χ3n) is 7.73. The number of nitrogens with one attached hydrogen (secondary N) is 1. The van der Waals surface area contributed by atoms with Gasteiger partial charge in [-0.2, -0.15) is 0 Å². The molecule has 1 aliphatic carbocycles. The zero-order chi connectivity index (χ0) is 23.2. The molecule has 1 saturated carbocycles. The van der Waals surface area contributed by atoms with Gasteiger partial charge in [0.05, 0.1) is 48.9 Å². The molecule has 0 unspecified atom stereocenters. The zero-order valence-electron chi connectivity index (χ0n) is 20.1. The predicted molar refractivity (Wildman–Crippen MR) is 133 cm³/mol. The first-order chi connectivity index (χ1) is 16.5. The Morgan fingerprint density at radius 3 is 2.79 bits per heavy atom. The first-order valence-corrected chi connectivity index (χ1v) is 12.7. The van der Waals surface area contributed by atoms with E-state index in [0.29, 0.717) is 18.7 Å². The number of morpholine rings is 1. The maximum atomic E-state index is 14.0. The van der Waals surface area contributed by atoms with E-state index in [1.807, 2.05) is 11.0 Å². The highest BCUT2D eigenvalue weighted by molar-refractivity contribution is 6.00. The van der Waals surface area contributed by atoms with Crippen molar-refractivity contribution < 1.29 is 14.3 Å². The molecular weight excluding hydrogens is 428 g/mol. The third kappa shape index (κ3) is 4.05. The minimum atomic E-state index is 0.0259. The van der Waals surface area contributed by atoms with Crippen LogP contribution in [0.15, 0.2) is 36.5 Å². The number of amides is 1. The quantitative estimate of drug-likeness (QED) is 0.715. The number of carbonyl (C=O) groups is 1. The van der Waals surface area contributed by atoms with Crippen molar-refractivity contribution in [2.45, 2.75) is 76.9 Å². The Kier molecular flexibility index (Phi) is 5.70. The van der Waals surface area contributed by atoms with Gasteiger partial charge in [0.1, 0.15) is 5.82 Å². The Morgan fingerprint density at radius 2 is 2.06 bits per heavy atom. The van der Waals surface area contributed by atoms with Crippen LogP contribution in [-0.2, 0) is 20.8 Å². The summed E-state index contributed by atoms with van der Waals surface area (Å²) in [4.78, 5) is 23.0. The van der Waals surface area contributed by atoms with E-state index in [0.717, 1.165) is 68.0 Å². The van der Waals surface area contributed by atoms with Crippen molar-refractivity contribution in [1.82, 2.24) is 4.98 Å². The van der Waals surface area contributed by atoms with E-state index in [2.05, 4.69) is 53.3 Å². The highest BCUT2D eigenvalue weighted by Gasteiger charge is 2.40. The van der Waals surface area contributed by atoms with Crippen LogP contribution in [0, 0.1) is 5.92 Å². The molecule has 7 nitrogen and oxygen atoms in total. The minimum absolute atomic E-state index is 0.0259. The van der Waals surface area contributed by atoms with Gasteiger partial charge in [0, 0.05) is 29.9 Å². The van der Waals surface area contributed by atoms with Crippen molar-refractivity contribution in [2.75, 3.05) is 28.3 Å². The van der Waals surface area contributed by atoms with E-state index in [4.69, 9.17) is 9.47 Å². The largest absolute Gasteiger partial charge is 0.376 e. The summed E-state index contributed by atoms with van der Waals surface area (Å²) in [7, 11) is 0. The van der Waals surface area contributed by atoms with Crippen LogP contribution in [-0.4, -0.2) is 48.4 Å². The van der Waals surface area contributed by atoms with Gasteiger partial charge < -0.3 is 24.6 Å². The van der Waals surface area contributed by atoms with Crippen LogP contribution >= 0.6 is 0 Å². The third-order valence-corrected chi connectivity index (χ3v) is 7.73. The summed E-state index contributed by atoms with van der Waals surface area (Å²) in [5.41, 5.74) is 4.10. The Hall–Kier alpha value is -2.64. The summed E-state index contributed by atoms with van der Waals surface area (Å²) in [5, 5.41) is 3.50. The lowest BCUT2D eigenvalue weighted by atomic mass is 9.86. The Labute approximate surface area is 201 Å². The van der Waals surface area contributed by atoms with Gasteiger partial charge in [-0.25, -0.2) is 4.98 Å². The minimum Gasteiger partial charge on any atom is -0.376 e. The number of hydrogen-bond donors (Lipinski definition) is 1. The number of aromatic nitrogens is 1. The fourth-order valence-corrected chi connectivity index (χ4v) is 6.05. The van der Waals surface area contributed by atoms with Crippen LogP contribution < -0.4 is 15.1 Å². The number of nitrogens with zero attached hydrogens (tertiary/aromatic N) is 3. The maximum Gasteiger partial charge on any atom is 0.230 e. The second-order valence-corrected chi connectivity index (χ2v) is 10.4. The van der Waals surface area contributed by atoms with Crippen molar-refractivity contribution in [1.29, 1.82) is 0 Å². The van der Waals surface area contributed by atoms with Gasteiger partial charge >= 0.3 is 0 Å². The molecule has 3 aliphatic heterocycles. The summed E-state index contributed by atoms with van der Waals surface area (Å²) < 4.78 is 11.8. The fraction of sp³-hybridized carbons (Fsp3) is 0.556. The Bertz CT molecular complexity index is 1070. The Balaban J connectivity index is 1.30. The van der Waals surface area contributed by atoms with Crippen LogP contribution in [0.3, 0.4) is 0 Å². The number of hydrogen-bond acceptors (Lipinski definition) is 6. The fourth-order valence-electron chi connectivity index (χ4n) is 6.05. The van der Waals surface area contributed by atoms with E-state index >= 15 is 0 Å². The molecule has 34 heavy (non-hydrogen) atoms. The van der Waals surface area contributed by atoms with Crippen LogP contribution in [0.2, 0.25) is 0 Å². The molecule has 0 spiro atoms. The van der Waals surface area contributed by atoms with Crippen LogP contribution in [0.25, 0.3) is 0 Å². The average molecular weight is 463 g/mol. The van der Waals surface area contributed by atoms with Crippen molar-refractivity contribution >= 4 is 28.8 Å². The number of pyridine rings is 1. The molecule has 4 heterocycles. The first kappa shape index (κ1) is 21.9. The highest BCUT2D eigenvalue weighted by atomic mass is 16.5. The van der Waals surface area contributed by atoms with Crippen LogP contribution in [0.1, 0.15) is 51.5 Å². The molecule has 1 amide bonds. The van der Waals surface area contributed by atoms with E-state index < -0.39 is 0 Å². The summed E-state index contributed by atoms with van der Waals surface area (Å²) in [6.45, 7) is 6.41. The molecule has 1 aromatic heterocycles. The summed E-state index contributed by atoms with van der Waals surface area (Å²) in [5.74, 6) is 1.07. The molecule has 6 rings (SSSR count). The molecule has 4 aliphatic rings. The van der Waals surface area contributed by atoms with Gasteiger partial charge in [0.15, 0.2) is 0 Å². The number of ether oxygens (including phenoxy) is 2. The Morgan fingerprint density at radius 1 is 1.21 bits per heavy atom. The van der Waals surface area contributed by atoms with Gasteiger partial charge in [-0.1, -0.05) is 6.07 Å². The molecule has 2 bridgehead atoms. The van der Waals surface area contributed by atoms with E-state index in [1.165, 1.54) is 5.69 Å². The molecule has 180 valence electrons. The molecule has 0 radical (unpaired) electrons. The van der Waals surface area contributed by atoms with Gasteiger partial charge in [-0.3, -0.25) is 4.79 Å². The number of benzene rings is 1. The molecule has 7 heteroatoms. The van der Waals surface area contributed by atoms with E-state index in [-0.39, 0.29) is 24.0 Å². The van der Waals surface area contributed by atoms with E-state index in [9.17, 15) is 4.79 Å². The average Bonchev–Trinajstić information content (AvgIpc) is 3.43. The summed E-state index contributed by atoms with van der Waals surface area (Å²) >= 11 is 0. The number of anilines is 4. The summed E-state index contributed by atoms with van der Waals surface area (Å²) in [6, 6.07) is 10.9. The smallest absolute Gasteiger partial charge is 0.230 e. The molecular formula is C27H34N4O3. The van der Waals surface area contributed by atoms with Crippen molar-refractivity contribution in [3.8, 4) is 0 Å². The SMILES string of the molecule is CC(C)OC1CCC(C(=O)N2Cc3cccnc3Nc3ccc(N4C[C@@H]5C[C@H]4CO5)cc32)CC1. The lowest BCUT2D eigenvalue weighted by Gasteiger charge is -2.34. The standard InChI is InChI=1S/C27H34N4O3/c1-17(2)34-22-8-5-18(6-9-22)27(32)31-14-19-4-3-11-28-26(19)29-24-10-7-20(13-25(24)31)30-15-23-12-21(30)16-33-23/h3-4,7,10-11,13,17-18,21-23H,5-6,8-9,12,14-16H2,1-2H3,(H,28,29)/t18?,21-,22?,23-/m0/s1. The number of carbonyl (C=O) groups excluding carboxylic acids is 1. The van der Waals surface area contributed by atoms with Crippen molar-refractivity contribution in [2.24, 2.45) is 5.92 Å². The topological polar surface area (TPSA) is 66.9 Å². The van der Waals surface area contributed by atoms with E-state index in [1.54, 1.807) is 6.20 Å². The van der Waals surface area contributed by atoms with Gasteiger partial charge in [-0.15, -0.1) is 0 Å². The van der Waals surface area contributed by atoms with Crippen LogP contribution in [0.4, 0.5) is 22.9 Å². The number of rotatable bonds is 4. The second kappa shape index (κ2) is 8.86. The van der Waals surface area contributed by atoms with Gasteiger partial charge in [0.25, 0.3) is 0 Å². The first-order valence-electron chi connectivity index (χ1n) is 12.7. The lowest BCUT2D eigenvalue weighted by molar-refractivity contribution is -0.124. The monoisotopic (exact) mass is 462 g/mol. The summed E-state index contributed by atoms with van der Waals surface area (Å²) in [6.07, 6.45) is 7.37. The molecule has 3 fully saturated rings. The van der Waals surface area contributed by atoms with Crippen molar-refractivity contribution in [3.05, 3.63) is 42.1 Å². The molecule has 2 atom stereocenters. The van der Waals surface area contributed by atoms with Gasteiger partial charge in [-0.05, 0) is 70.2 Å². The molecule has 1 N–H and O–H groups in total.